The van der Waals surface area contributed by atoms with E-state index in [9.17, 15) is 0 Å². The zero-order valence-corrected chi connectivity index (χ0v) is 10.9. The second kappa shape index (κ2) is 4.65. The summed E-state index contributed by atoms with van der Waals surface area (Å²) < 4.78 is 1.12. The van der Waals surface area contributed by atoms with Gasteiger partial charge in [-0.1, -0.05) is 11.8 Å². The lowest BCUT2D eigenvalue weighted by atomic mass is 10.5. The zero-order valence-electron chi connectivity index (χ0n) is 7.68. The van der Waals surface area contributed by atoms with Gasteiger partial charge in [-0.25, -0.2) is 4.98 Å². The van der Waals surface area contributed by atoms with Crippen LogP contribution in [0.1, 0.15) is 0 Å². The number of nitrogens with zero attached hydrogens (tertiary/aromatic N) is 2. The molecule has 0 spiro atoms. The first kappa shape index (κ1) is 10.5. The van der Waals surface area contributed by atoms with Crippen molar-refractivity contribution in [3.8, 4) is 9.75 Å². The first-order valence-electron chi connectivity index (χ1n) is 3.83. The molecular formula is C8H8N2S4. The molecule has 0 aliphatic carbocycles. The van der Waals surface area contributed by atoms with E-state index in [2.05, 4.69) is 22.5 Å². The lowest BCUT2D eigenvalue weighted by Crippen LogP contribution is -1.72. The number of thiazole rings is 2. The Morgan fingerprint density at radius 2 is 2.14 bits per heavy atom. The molecule has 0 radical (unpaired) electrons. The zero-order chi connectivity index (χ0) is 9.97. The van der Waals surface area contributed by atoms with Gasteiger partial charge in [-0.05, 0) is 12.5 Å². The standard InChI is InChI=1S/C8H8N2S4/c1-11-7-6(5-3-9-4-13-5)14-8(10-7)12-2/h3-4H,1-2H3. The molecular weight excluding hydrogens is 252 g/mol. The fraction of sp³-hybridized carbons (Fsp3) is 0.250. The van der Waals surface area contributed by atoms with E-state index in [0.29, 0.717) is 0 Å². The van der Waals surface area contributed by atoms with Crippen molar-refractivity contribution in [2.24, 2.45) is 0 Å². The Labute approximate surface area is 99.2 Å². The summed E-state index contributed by atoms with van der Waals surface area (Å²) in [5.41, 5.74) is 1.86. The largest absolute Gasteiger partial charge is 0.252 e. The lowest BCUT2D eigenvalue weighted by molar-refractivity contribution is 1.11. The van der Waals surface area contributed by atoms with Crippen molar-refractivity contribution in [3.05, 3.63) is 11.7 Å². The summed E-state index contributed by atoms with van der Waals surface area (Å²) >= 11 is 6.80. The van der Waals surface area contributed by atoms with Gasteiger partial charge in [0, 0.05) is 6.20 Å². The molecule has 0 aliphatic heterocycles. The van der Waals surface area contributed by atoms with Crippen molar-refractivity contribution >= 4 is 46.2 Å². The van der Waals surface area contributed by atoms with Gasteiger partial charge in [-0.15, -0.1) is 34.4 Å². The van der Waals surface area contributed by atoms with Gasteiger partial charge in [0.1, 0.15) is 5.03 Å². The Kier molecular flexibility index (Phi) is 3.48. The van der Waals surface area contributed by atoms with Crippen molar-refractivity contribution in [1.29, 1.82) is 0 Å². The molecule has 6 heteroatoms. The Morgan fingerprint density at radius 1 is 1.29 bits per heavy atom. The van der Waals surface area contributed by atoms with E-state index in [4.69, 9.17) is 0 Å². The maximum atomic E-state index is 4.53. The Bertz CT molecular complexity index is 407. The van der Waals surface area contributed by atoms with Gasteiger partial charge in [0.25, 0.3) is 0 Å². The molecule has 2 aromatic heterocycles. The maximum absolute atomic E-state index is 4.53. The Balaban J connectivity index is 2.46. The maximum Gasteiger partial charge on any atom is 0.151 e. The third-order valence-corrected chi connectivity index (χ3v) is 5.41. The predicted molar refractivity (Wildman–Crippen MR) is 66.8 cm³/mol. The van der Waals surface area contributed by atoms with Gasteiger partial charge < -0.3 is 0 Å². The number of thioether (sulfide) groups is 2. The molecule has 2 heterocycles. The van der Waals surface area contributed by atoms with Crippen molar-refractivity contribution in [2.75, 3.05) is 12.5 Å². The molecule has 0 aromatic carbocycles. The van der Waals surface area contributed by atoms with Crippen LogP contribution in [0.2, 0.25) is 0 Å². The predicted octanol–water partition coefficient (Wildman–Crippen LogP) is 3.71. The molecule has 0 unspecified atom stereocenters. The molecule has 0 atom stereocenters. The van der Waals surface area contributed by atoms with Crippen LogP contribution >= 0.6 is 46.2 Å². The number of hydrogen-bond acceptors (Lipinski definition) is 6. The van der Waals surface area contributed by atoms with Crippen LogP contribution in [0.15, 0.2) is 21.1 Å². The van der Waals surface area contributed by atoms with Crippen LogP contribution in [0.5, 0.6) is 0 Å². The highest BCUT2D eigenvalue weighted by Crippen LogP contribution is 2.39. The summed E-state index contributed by atoms with van der Waals surface area (Å²) in [6, 6.07) is 0. The second-order valence-corrected chi connectivity index (χ2v) is 6.12. The minimum atomic E-state index is 1.11. The quantitative estimate of drug-likeness (QED) is 0.786. The SMILES string of the molecule is CSc1nc(SC)c(-c2cncs2)s1. The first-order chi connectivity index (χ1) is 6.85. The average molecular weight is 260 g/mol. The highest BCUT2D eigenvalue weighted by molar-refractivity contribution is 8.01. The van der Waals surface area contributed by atoms with E-state index in [1.807, 2.05) is 11.7 Å². The van der Waals surface area contributed by atoms with E-state index in [-0.39, 0.29) is 0 Å². The normalized spacial score (nSPS) is 10.7. The summed E-state index contributed by atoms with van der Waals surface area (Å²) in [5, 5.41) is 1.11. The van der Waals surface area contributed by atoms with Crippen LogP contribution in [0.4, 0.5) is 0 Å². The summed E-state index contributed by atoms with van der Waals surface area (Å²) in [6.07, 6.45) is 6.02. The summed E-state index contributed by atoms with van der Waals surface area (Å²) in [6.45, 7) is 0. The van der Waals surface area contributed by atoms with Gasteiger partial charge in [-0.2, -0.15) is 0 Å². The smallest absolute Gasteiger partial charge is 0.151 e. The number of hydrogen-bond donors (Lipinski definition) is 0. The monoisotopic (exact) mass is 260 g/mol. The van der Waals surface area contributed by atoms with Crippen molar-refractivity contribution in [2.45, 2.75) is 9.37 Å². The third-order valence-electron chi connectivity index (χ3n) is 1.60. The fourth-order valence-electron chi connectivity index (χ4n) is 0.997. The average Bonchev–Trinajstić information content (AvgIpc) is 2.85. The summed E-state index contributed by atoms with van der Waals surface area (Å²) in [4.78, 5) is 11.1. The van der Waals surface area contributed by atoms with E-state index in [1.54, 1.807) is 46.2 Å². The van der Waals surface area contributed by atoms with Crippen molar-refractivity contribution in [1.82, 2.24) is 9.97 Å². The number of aromatic nitrogens is 2. The van der Waals surface area contributed by atoms with Crippen molar-refractivity contribution < 1.29 is 0 Å². The highest BCUT2D eigenvalue weighted by atomic mass is 32.2. The van der Waals surface area contributed by atoms with E-state index < -0.39 is 0 Å². The first-order valence-corrected chi connectivity index (χ1v) is 7.97. The van der Waals surface area contributed by atoms with Crippen LogP contribution in [-0.4, -0.2) is 22.5 Å². The third kappa shape index (κ3) is 1.98. The van der Waals surface area contributed by atoms with Gasteiger partial charge in [0.2, 0.25) is 0 Å². The van der Waals surface area contributed by atoms with Crippen molar-refractivity contribution in [3.63, 3.8) is 0 Å². The summed E-state index contributed by atoms with van der Waals surface area (Å²) in [7, 11) is 0. The van der Waals surface area contributed by atoms with Gasteiger partial charge >= 0.3 is 0 Å². The molecule has 14 heavy (non-hydrogen) atoms. The van der Waals surface area contributed by atoms with Crippen LogP contribution in [0.3, 0.4) is 0 Å². The molecule has 0 aliphatic rings. The lowest BCUT2D eigenvalue weighted by Gasteiger charge is -1.92. The molecule has 0 fully saturated rings. The second-order valence-electron chi connectivity index (χ2n) is 2.39. The highest BCUT2D eigenvalue weighted by Gasteiger charge is 2.12. The van der Waals surface area contributed by atoms with Crippen LogP contribution in [0, 0.1) is 0 Å². The molecule has 2 rings (SSSR count). The van der Waals surface area contributed by atoms with Crippen LogP contribution < -0.4 is 0 Å². The van der Waals surface area contributed by atoms with E-state index in [1.165, 1.54) is 9.75 Å². The topological polar surface area (TPSA) is 25.8 Å². The molecule has 0 amide bonds. The molecule has 2 nitrogen and oxygen atoms in total. The van der Waals surface area contributed by atoms with E-state index in [0.717, 1.165) is 9.37 Å². The fourth-order valence-corrected chi connectivity index (χ4v) is 4.22. The summed E-state index contributed by atoms with van der Waals surface area (Å²) in [5.74, 6) is 0. The molecule has 0 bridgehead atoms. The van der Waals surface area contributed by atoms with Gasteiger partial charge in [0.05, 0.1) is 15.3 Å². The molecule has 2 aromatic rings. The molecule has 0 saturated carbocycles. The Morgan fingerprint density at radius 3 is 2.71 bits per heavy atom. The molecule has 0 saturated heterocycles. The minimum Gasteiger partial charge on any atom is -0.252 e. The molecule has 74 valence electrons. The van der Waals surface area contributed by atoms with Crippen LogP contribution in [-0.2, 0) is 0 Å². The minimum absolute atomic E-state index is 1.11. The number of rotatable bonds is 3. The van der Waals surface area contributed by atoms with Crippen LogP contribution in [0.25, 0.3) is 9.75 Å². The van der Waals surface area contributed by atoms with Gasteiger partial charge in [0.15, 0.2) is 4.34 Å². The van der Waals surface area contributed by atoms with E-state index >= 15 is 0 Å². The molecule has 0 N–H and O–H groups in total. The Hall–Kier alpha value is -0.0400. The van der Waals surface area contributed by atoms with Gasteiger partial charge in [-0.3, -0.25) is 4.98 Å².